The molecule has 1 amide bonds. The van der Waals surface area contributed by atoms with Gasteiger partial charge in [0.05, 0.1) is 5.56 Å². The quantitative estimate of drug-likeness (QED) is 0.893. The number of hydrogen-bond donors (Lipinski definition) is 1. The molecule has 0 atom stereocenters. The van der Waals surface area contributed by atoms with Crippen molar-refractivity contribution in [3.05, 3.63) is 59.8 Å². The number of amides is 1. The lowest BCUT2D eigenvalue weighted by atomic mass is 10.2. The second-order valence-corrected chi connectivity index (χ2v) is 4.08. The van der Waals surface area contributed by atoms with Gasteiger partial charge in [0.25, 0.3) is 5.91 Å². The second kappa shape index (κ2) is 5.31. The van der Waals surface area contributed by atoms with Gasteiger partial charge in [0, 0.05) is 19.8 Å². The van der Waals surface area contributed by atoms with Crippen LogP contribution in [0.4, 0.5) is 5.82 Å². The van der Waals surface area contributed by atoms with Crippen molar-refractivity contribution in [1.82, 2.24) is 9.88 Å². The molecule has 18 heavy (non-hydrogen) atoms. The zero-order valence-corrected chi connectivity index (χ0v) is 10.2. The van der Waals surface area contributed by atoms with Gasteiger partial charge >= 0.3 is 0 Å². The smallest absolute Gasteiger partial charge is 0.257 e. The predicted molar refractivity (Wildman–Crippen MR) is 70.9 cm³/mol. The highest BCUT2D eigenvalue weighted by Crippen LogP contribution is 2.12. The Bertz CT molecular complexity index is 540. The molecule has 0 spiro atoms. The third-order valence-electron chi connectivity index (χ3n) is 2.68. The molecular formula is C14H15N3O. The summed E-state index contributed by atoms with van der Waals surface area (Å²) in [5.41, 5.74) is 7.21. The van der Waals surface area contributed by atoms with Gasteiger partial charge in [-0.25, -0.2) is 4.98 Å². The van der Waals surface area contributed by atoms with Crippen molar-refractivity contribution >= 4 is 11.7 Å². The second-order valence-electron chi connectivity index (χ2n) is 4.08. The van der Waals surface area contributed by atoms with E-state index in [1.165, 1.54) is 0 Å². The number of hydrogen-bond acceptors (Lipinski definition) is 3. The Labute approximate surface area is 106 Å². The summed E-state index contributed by atoms with van der Waals surface area (Å²) in [6.07, 6.45) is 1.57. The van der Waals surface area contributed by atoms with E-state index in [4.69, 9.17) is 5.73 Å². The summed E-state index contributed by atoms with van der Waals surface area (Å²) in [4.78, 5) is 17.7. The zero-order chi connectivity index (χ0) is 13.0. The first-order valence-electron chi connectivity index (χ1n) is 5.68. The van der Waals surface area contributed by atoms with E-state index in [2.05, 4.69) is 4.98 Å². The van der Waals surface area contributed by atoms with Crippen LogP contribution in [0, 0.1) is 0 Å². The van der Waals surface area contributed by atoms with Crippen LogP contribution < -0.4 is 5.73 Å². The summed E-state index contributed by atoms with van der Waals surface area (Å²) in [7, 11) is 1.75. The van der Waals surface area contributed by atoms with Crippen molar-refractivity contribution < 1.29 is 4.79 Å². The molecule has 0 aliphatic rings. The summed E-state index contributed by atoms with van der Waals surface area (Å²) in [5, 5.41) is 0. The highest BCUT2D eigenvalue weighted by atomic mass is 16.2. The summed E-state index contributed by atoms with van der Waals surface area (Å²) in [6.45, 7) is 0.550. The van der Waals surface area contributed by atoms with Crippen LogP contribution in [0.15, 0.2) is 48.7 Å². The molecule has 1 aromatic carbocycles. The van der Waals surface area contributed by atoms with Crippen molar-refractivity contribution in [2.75, 3.05) is 12.8 Å². The first kappa shape index (κ1) is 12.1. The summed E-state index contributed by atoms with van der Waals surface area (Å²) >= 11 is 0. The Morgan fingerprint density at radius 2 is 1.94 bits per heavy atom. The summed E-state index contributed by atoms with van der Waals surface area (Å²) in [5.74, 6) is 0.145. The lowest BCUT2D eigenvalue weighted by Gasteiger charge is -2.17. The third-order valence-corrected chi connectivity index (χ3v) is 2.68. The number of carbonyl (C=O) groups excluding carboxylic acids is 1. The van der Waals surface area contributed by atoms with Crippen molar-refractivity contribution in [3.8, 4) is 0 Å². The van der Waals surface area contributed by atoms with E-state index in [0.717, 1.165) is 5.56 Å². The Hall–Kier alpha value is -2.36. The van der Waals surface area contributed by atoms with Gasteiger partial charge < -0.3 is 10.6 Å². The number of aromatic nitrogens is 1. The van der Waals surface area contributed by atoms with Gasteiger partial charge in [-0.3, -0.25) is 4.79 Å². The molecule has 0 aliphatic heterocycles. The van der Waals surface area contributed by atoms with Crippen LogP contribution in [0.5, 0.6) is 0 Å². The zero-order valence-electron chi connectivity index (χ0n) is 10.2. The molecule has 92 valence electrons. The molecule has 1 aromatic heterocycles. The van der Waals surface area contributed by atoms with Crippen molar-refractivity contribution in [2.45, 2.75) is 6.54 Å². The third kappa shape index (κ3) is 2.66. The Morgan fingerprint density at radius 3 is 2.61 bits per heavy atom. The fourth-order valence-electron chi connectivity index (χ4n) is 1.73. The minimum Gasteiger partial charge on any atom is -0.383 e. The molecule has 2 N–H and O–H groups in total. The maximum atomic E-state index is 12.2. The summed E-state index contributed by atoms with van der Waals surface area (Å²) < 4.78 is 0. The lowest BCUT2D eigenvalue weighted by molar-refractivity contribution is 0.0786. The van der Waals surface area contributed by atoms with E-state index in [9.17, 15) is 4.79 Å². The SMILES string of the molecule is CN(Cc1ccccc1)C(=O)c1cccnc1N. The van der Waals surface area contributed by atoms with Crippen LogP contribution in [-0.4, -0.2) is 22.8 Å². The van der Waals surface area contributed by atoms with Gasteiger partial charge in [-0.2, -0.15) is 0 Å². The van der Waals surface area contributed by atoms with Crippen molar-refractivity contribution in [3.63, 3.8) is 0 Å². The normalized spacial score (nSPS) is 10.1. The van der Waals surface area contributed by atoms with Crippen LogP contribution in [0.2, 0.25) is 0 Å². The van der Waals surface area contributed by atoms with Gasteiger partial charge in [0.2, 0.25) is 0 Å². The van der Waals surface area contributed by atoms with Gasteiger partial charge in [-0.05, 0) is 17.7 Å². The molecule has 0 saturated carbocycles. The van der Waals surface area contributed by atoms with Crippen molar-refractivity contribution in [1.29, 1.82) is 0 Å². The Morgan fingerprint density at radius 1 is 1.22 bits per heavy atom. The molecule has 4 nitrogen and oxygen atoms in total. The first-order valence-corrected chi connectivity index (χ1v) is 5.68. The molecule has 0 fully saturated rings. The largest absolute Gasteiger partial charge is 0.383 e. The molecule has 1 heterocycles. The number of anilines is 1. The minimum absolute atomic E-state index is 0.121. The maximum absolute atomic E-state index is 12.2. The minimum atomic E-state index is -0.121. The van der Waals surface area contributed by atoms with E-state index in [0.29, 0.717) is 12.1 Å². The molecule has 2 aromatic rings. The standard InChI is InChI=1S/C14H15N3O/c1-17(10-11-6-3-2-4-7-11)14(18)12-8-5-9-16-13(12)15/h2-9H,10H2,1H3,(H2,15,16). The van der Waals surface area contributed by atoms with Gasteiger partial charge in [0.1, 0.15) is 5.82 Å². The van der Waals surface area contributed by atoms with Crippen LogP contribution in [0.3, 0.4) is 0 Å². The molecule has 4 heteroatoms. The number of nitrogen functional groups attached to an aromatic ring is 1. The van der Waals surface area contributed by atoms with E-state index in [1.54, 1.807) is 30.3 Å². The molecule has 0 aliphatic carbocycles. The Balaban J connectivity index is 2.13. The predicted octanol–water partition coefficient (Wildman–Crippen LogP) is 1.94. The van der Waals surface area contributed by atoms with Gasteiger partial charge in [-0.1, -0.05) is 30.3 Å². The number of nitrogens with zero attached hydrogens (tertiary/aromatic N) is 2. The number of rotatable bonds is 3. The van der Waals surface area contributed by atoms with Gasteiger partial charge in [0.15, 0.2) is 0 Å². The number of benzene rings is 1. The van der Waals surface area contributed by atoms with Crippen molar-refractivity contribution in [2.24, 2.45) is 0 Å². The first-order chi connectivity index (χ1) is 8.68. The van der Waals surface area contributed by atoms with E-state index in [-0.39, 0.29) is 11.7 Å². The van der Waals surface area contributed by atoms with Crippen LogP contribution in [0.25, 0.3) is 0 Å². The molecule has 0 unspecified atom stereocenters. The molecule has 2 rings (SSSR count). The van der Waals surface area contributed by atoms with E-state index in [1.807, 2.05) is 30.3 Å². The van der Waals surface area contributed by atoms with E-state index < -0.39 is 0 Å². The van der Waals surface area contributed by atoms with Crippen LogP contribution in [0.1, 0.15) is 15.9 Å². The lowest BCUT2D eigenvalue weighted by Crippen LogP contribution is -2.27. The maximum Gasteiger partial charge on any atom is 0.257 e. The highest BCUT2D eigenvalue weighted by Gasteiger charge is 2.14. The van der Waals surface area contributed by atoms with Crippen LogP contribution in [-0.2, 0) is 6.54 Å². The molecule has 0 bridgehead atoms. The van der Waals surface area contributed by atoms with Gasteiger partial charge in [-0.15, -0.1) is 0 Å². The van der Waals surface area contributed by atoms with E-state index >= 15 is 0 Å². The Kier molecular flexibility index (Phi) is 3.57. The molecule has 0 saturated heterocycles. The number of pyridine rings is 1. The number of carbonyl (C=O) groups is 1. The average molecular weight is 241 g/mol. The topological polar surface area (TPSA) is 59.2 Å². The fraction of sp³-hybridized carbons (Fsp3) is 0.143. The molecular weight excluding hydrogens is 226 g/mol. The monoisotopic (exact) mass is 241 g/mol. The highest BCUT2D eigenvalue weighted by molar-refractivity contribution is 5.98. The fourth-order valence-corrected chi connectivity index (χ4v) is 1.73. The average Bonchev–Trinajstić information content (AvgIpc) is 2.39. The summed E-state index contributed by atoms with van der Waals surface area (Å²) in [6, 6.07) is 13.2. The molecule has 0 radical (unpaired) electrons. The van der Waals surface area contributed by atoms with Crippen LogP contribution >= 0.6 is 0 Å². The number of nitrogens with two attached hydrogens (primary N) is 1.